The molecule has 0 amide bonds. The van der Waals surface area contributed by atoms with Crippen LogP contribution in [0.4, 0.5) is 0 Å². The van der Waals surface area contributed by atoms with E-state index in [1.807, 2.05) is 12.1 Å². The standard InChI is InChI=1S/C12H9N5O/c18-11-4-8-17(9-1-5-13-6-2-9)16-12(11)10-3-7-14-15-10/h1-8H,(H,14,15). The van der Waals surface area contributed by atoms with Gasteiger partial charge in [-0.2, -0.15) is 10.2 Å². The van der Waals surface area contributed by atoms with E-state index in [1.165, 1.54) is 6.07 Å². The SMILES string of the molecule is O=c1ccn(-c2ccncc2)nc1-c1ccn[nH]1. The van der Waals surface area contributed by atoms with E-state index < -0.39 is 0 Å². The lowest BCUT2D eigenvalue weighted by Gasteiger charge is -2.05. The van der Waals surface area contributed by atoms with Crippen LogP contribution in [0.25, 0.3) is 17.1 Å². The molecule has 0 spiro atoms. The number of nitrogens with zero attached hydrogens (tertiary/aromatic N) is 4. The van der Waals surface area contributed by atoms with E-state index in [0.29, 0.717) is 11.4 Å². The lowest BCUT2D eigenvalue weighted by Crippen LogP contribution is -2.12. The molecule has 0 aliphatic heterocycles. The molecule has 0 saturated carbocycles. The number of aromatic amines is 1. The molecule has 6 nitrogen and oxygen atoms in total. The fraction of sp³-hybridized carbons (Fsp3) is 0. The summed E-state index contributed by atoms with van der Waals surface area (Å²) in [5.41, 5.74) is 1.63. The molecule has 0 bridgehead atoms. The number of pyridine rings is 1. The Morgan fingerprint density at radius 1 is 1.06 bits per heavy atom. The highest BCUT2D eigenvalue weighted by molar-refractivity contribution is 5.52. The van der Waals surface area contributed by atoms with Gasteiger partial charge in [0.1, 0.15) is 0 Å². The minimum atomic E-state index is -0.149. The Bertz CT molecular complexity index is 703. The fourth-order valence-corrected chi connectivity index (χ4v) is 1.62. The van der Waals surface area contributed by atoms with E-state index >= 15 is 0 Å². The van der Waals surface area contributed by atoms with E-state index in [2.05, 4.69) is 20.3 Å². The number of H-pyrrole nitrogens is 1. The smallest absolute Gasteiger partial charge is 0.209 e. The number of aromatic nitrogens is 5. The molecule has 0 atom stereocenters. The lowest BCUT2D eigenvalue weighted by molar-refractivity contribution is 0.837. The van der Waals surface area contributed by atoms with Crippen LogP contribution < -0.4 is 5.43 Å². The minimum Gasteiger partial charge on any atom is -0.287 e. The molecule has 0 aliphatic rings. The Kier molecular flexibility index (Phi) is 2.45. The normalized spacial score (nSPS) is 10.4. The molecule has 6 heteroatoms. The van der Waals surface area contributed by atoms with Gasteiger partial charge in [-0.1, -0.05) is 0 Å². The quantitative estimate of drug-likeness (QED) is 0.724. The summed E-state index contributed by atoms with van der Waals surface area (Å²) in [6.07, 6.45) is 6.55. The summed E-state index contributed by atoms with van der Waals surface area (Å²) < 4.78 is 1.62. The molecule has 18 heavy (non-hydrogen) atoms. The molecular weight excluding hydrogens is 230 g/mol. The molecule has 0 aliphatic carbocycles. The summed E-state index contributed by atoms with van der Waals surface area (Å²) in [6.45, 7) is 0. The first-order valence-electron chi connectivity index (χ1n) is 5.35. The molecule has 3 rings (SSSR count). The Hall–Kier alpha value is -2.76. The van der Waals surface area contributed by atoms with Crippen molar-refractivity contribution >= 4 is 0 Å². The summed E-state index contributed by atoms with van der Waals surface area (Å²) in [6, 6.07) is 6.81. The summed E-state index contributed by atoms with van der Waals surface area (Å²) in [4.78, 5) is 15.7. The van der Waals surface area contributed by atoms with Crippen molar-refractivity contribution in [3.63, 3.8) is 0 Å². The van der Waals surface area contributed by atoms with Gasteiger partial charge in [-0.15, -0.1) is 0 Å². The predicted octanol–water partition coefficient (Wildman–Crippen LogP) is 1.02. The Morgan fingerprint density at radius 2 is 1.89 bits per heavy atom. The zero-order chi connectivity index (χ0) is 12.4. The second kappa shape index (κ2) is 4.25. The zero-order valence-electron chi connectivity index (χ0n) is 9.32. The van der Waals surface area contributed by atoms with Gasteiger partial charge in [-0.25, -0.2) is 4.68 Å². The van der Waals surface area contributed by atoms with Gasteiger partial charge in [0.25, 0.3) is 0 Å². The average molecular weight is 239 g/mol. The van der Waals surface area contributed by atoms with Gasteiger partial charge < -0.3 is 0 Å². The van der Waals surface area contributed by atoms with Gasteiger partial charge in [-0.3, -0.25) is 14.9 Å². The molecule has 0 aromatic carbocycles. The molecule has 3 heterocycles. The molecule has 1 N–H and O–H groups in total. The molecule has 0 fully saturated rings. The zero-order valence-corrected chi connectivity index (χ0v) is 9.32. The van der Waals surface area contributed by atoms with E-state index in [1.54, 1.807) is 35.5 Å². The first-order chi connectivity index (χ1) is 8.84. The van der Waals surface area contributed by atoms with Gasteiger partial charge >= 0.3 is 0 Å². The minimum absolute atomic E-state index is 0.149. The monoisotopic (exact) mass is 239 g/mol. The van der Waals surface area contributed by atoms with Crippen molar-refractivity contribution in [2.24, 2.45) is 0 Å². The Balaban J connectivity index is 2.15. The number of nitrogens with one attached hydrogen (secondary N) is 1. The third kappa shape index (κ3) is 1.80. The highest BCUT2D eigenvalue weighted by atomic mass is 16.1. The van der Waals surface area contributed by atoms with Crippen LogP contribution in [0.15, 0.2) is 53.8 Å². The van der Waals surface area contributed by atoms with Crippen LogP contribution in [0.2, 0.25) is 0 Å². The van der Waals surface area contributed by atoms with Crippen LogP contribution >= 0.6 is 0 Å². The third-order valence-electron chi connectivity index (χ3n) is 2.49. The van der Waals surface area contributed by atoms with E-state index in [0.717, 1.165) is 5.69 Å². The second-order valence-corrected chi connectivity index (χ2v) is 3.65. The van der Waals surface area contributed by atoms with Gasteiger partial charge in [0.2, 0.25) is 5.43 Å². The predicted molar refractivity (Wildman–Crippen MR) is 65.2 cm³/mol. The van der Waals surface area contributed by atoms with Crippen LogP contribution in [0.5, 0.6) is 0 Å². The third-order valence-corrected chi connectivity index (χ3v) is 2.49. The highest BCUT2D eigenvalue weighted by Gasteiger charge is 2.07. The van der Waals surface area contributed by atoms with Gasteiger partial charge in [0.05, 0.1) is 11.4 Å². The molecule has 3 aromatic rings. The summed E-state index contributed by atoms with van der Waals surface area (Å²) in [5, 5.41) is 10.8. The van der Waals surface area contributed by atoms with E-state index in [-0.39, 0.29) is 5.43 Å². The largest absolute Gasteiger partial charge is 0.287 e. The topological polar surface area (TPSA) is 76.5 Å². The van der Waals surface area contributed by atoms with Crippen molar-refractivity contribution in [1.29, 1.82) is 0 Å². The lowest BCUT2D eigenvalue weighted by atomic mass is 10.3. The van der Waals surface area contributed by atoms with Crippen LogP contribution in [0, 0.1) is 0 Å². The van der Waals surface area contributed by atoms with Crippen molar-refractivity contribution in [1.82, 2.24) is 25.0 Å². The van der Waals surface area contributed by atoms with Crippen LogP contribution in [-0.4, -0.2) is 25.0 Å². The Labute approximate surface area is 102 Å². The average Bonchev–Trinajstić information content (AvgIpc) is 2.94. The molecule has 3 aromatic heterocycles. The van der Waals surface area contributed by atoms with E-state index in [9.17, 15) is 4.79 Å². The molecule has 0 unspecified atom stereocenters. The van der Waals surface area contributed by atoms with E-state index in [4.69, 9.17) is 0 Å². The number of hydrogen-bond donors (Lipinski definition) is 1. The Morgan fingerprint density at radius 3 is 2.61 bits per heavy atom. The molecule has 0 radical (unpaired) electrons. The maximum atomic E-state index is 11.8. The fourth-order valence-electron chi connectivity index (χ4n) is 1.62. The molecule has 88 valence electrons. The van der Waals surface area contributed by atoms with Crippen LogP contribution in [-0.2, 0) is 0 Å². The second-order valence-electron chi connectivity index (χ2n) is 3.65. The van der Waals surface area contributed by atoms with Crippen molar-refractivity contribution in [3.05, 3.63) is 59.3 Å². The van der Waals surface area contributed by atoms with Gasteiger partial charge in [-0.05, 0) is 18.2 Å². The van der Waals surface area contributed by atoms with Crippen molar-refractivity contribution in [2.45, 2.75) is 0 Å². The first-order valence-corrected chi connectivity index (χ1v) is 5.35. The van der Waals surface area contributed by atoms with Crippen molar-refractivity contribution in [3.8, 4) is 17.1 Å². The molecular formula is C12H9N5O. The summed E-state index contributed by atoms with van der Waals surface area (Å²) in [5.74, 6) is 0. The number of rotatable bonds is 2. The maximum Gasteiger partial charge on any atom is 0.209 e. The summed E-state index contributed by atoms with van der Waals surface area (Å²) in [7, 11) is 0. The van der Waals surface area contributed by atoms with Gasteiger partial charge in [0, 0.05) is 30.9 Å². The van der Waals surface area contributed by atoms with Crippen LogP contribution in [0.3, 0.4) is 0 Å². The maximum absolute atomic E-state index is 11.8. The van der Waals surface area contributed by atoms with Crippen molar-refractivity contribution < 1.29 is 0 Å². The molecule has 0 saturated heterocycles. The van der Waals surface area contributed by atoms with Crippen molar-refractivity contribution in [2.75, 3.05) is 0 Å². The first kappa shape index (κ1) is 10.4. The highest BCUT2D eigenvalue weighted by Crippen LogP contribution is 2.09. The van der Waals surface area contributed by atoms with Gasteiger partial charge in [0.15, 0.2) is 5.69 Å². The number of hydrogen-bond acceptors (Lipinski definition) is 4. The van der Waals surface area contributed by atoms with Crippen LogP contribution in [0.1, 0.15) is 0 Å². The summed E-state index contributed by atoms with van der Waals surface area (Å²) >= 11 is 0.